The molecule has 0 heterocycles. The lowest BCUT2D eigenvalue weighted by Gasteiger charge is -2.16. The highest BCUT2D eigenvalue weighted by Gasteiger charge is 2.11. The quantitative estimate of drug-likeness (QED) is 0.153. The van der Waals surface area contributed by atoms with E-state index >= 15 is 0 Å². The number of ether oxygens (including phenoxy) is 2. The van der Waals surface area contributed by atoms with Crippen molar-refractivity contribution < 1.29 is 14.3 Å². The smallest absolute Gasteiger partial charge is 0.207 e. The van der Waals surface area contributed by atoms with Gasteiger partial charge in [0.1, 0.15) is 24.7 Å². The Morgan fingerprint density at radius 1 is 0.842 bits per heavy atom. The van der Waals surface area contributed by atoms with E-state index in [1.165, 1.54) is 0 Å². The number of hydrogen-bond donors (Lipinski definition) is 2. The van der Waals surface area contributed by atoms with Gasteiger partial charge in [-0.05, 0) is 50.8 Å². The highest BCUT2D eigenvalue weighted by molar-refractivity contribution is 9.10. The Labute approximate surface area is 231 Å². The number of amides is 1. The summed E-state index contributed by atoms with van der Waals surface area (Å²) in [4.78, 5) is 10.5. The Balaban J connectivity index is 1.49. The third-order valence-corrected chi connectivity index (χ3v) is 6.83. The molecule has 0 spiro atoms. The third-order valence-electron chi connectivity index (χ3n) is 5.89. The second-order valence-electron chi connectivity index (χ2n) is 8.55. The van der Waals surface area contributed by atoms with Crippen LogP contribution in [0.15, 0.2) is 95.5 Å². The standard InChI is InChI=1S/C31H28BrN3O3/c32-31-27(10-5-11-29(31)25-8-2-1-3-9-25)21-37-28-13-12-26(19-34-14-15-35-22-36)30(17-28)38-20-24-7-4-6-23(16-24)18-33/h1-13,16-17,22,34H,14-15,19-21H2,(H,35,36). The first-order valence-corrected chi connectivity index (χ1v) is 13.1. The summed E-state index contributed by atoms with van der Waals surface area (Å²) < 4.78 is 13.4. The lowest BCUT2D eigenvalue weighted by Crippen LogP contribution is -2.26. The molecule has 4 aromatic carbocycles. The van der Waals surface area contributed by atoms with Crippen LogP contribution in [0.1, 0.15) is 22.3 Å². The summed E-state index contributed by atoms with van der Waals surface area (Å²) in [6, 6.07) is 31.7. The fourth-order valence-corrected chi connectivity index (χ4v) is 4.54. The molecule has 0 saturated carbocycles. The first-order chi connectivity index (χ1) is 18.7. The number of nitrogens with zero attached hydrogens (tertiary/aromatic N) is 1. The van der Waals surface area contributed by atoms with Gasteiger partial charge in [-0.15, -0.1) is 0 Å². The normalized spacial score (nSPS) is 10.4. The number of carbonyl (C=O) groups excluding carboxylic acids is 1. The van der Waals surface area contributed by atoms with Crippen molar-refractivity contribution in [1.82, 2.24) is 10.6 Å². The maximum Gasteiger partial charge on any atom is 0.207 e. The predicted octanol–water partition coefficient (Wildman–Crippen LogP) is 5.98. The van der Waals surface area contributed by atoms with E-state index in [1.807, 2.05) is 66.7 Å². The van der Waals surface area contributed by atoms with E-state index in [0.29, 0.717) is 56.3 Å². The highest BCUT2D eigenvalue weighted by atomic mass is 79.9. The minimum absolute atomic E-state index is 0.323. The molecular weight excluding hydrogens is 542 g/mol. The number of hydrogen-bond acceptors (Lipinski definition) is 5. The van der Waals surface area contributed by atoms with Gasteiger partial charge in [0.05, 0.1) is 11.6 Å². The van der Waals surface area contributed by atoms with Crippen molar-refractivity contribution in [2.24, 2.45) is 0 Å². The van der Waals surface area contributed by atoms with Crippen LogP contribution in [0.25, 0.3) is 11.1 Å². The molecule has 0 bridgehead atoms. The fraction of sp³-hybridized carbons (Fsp3) is 0.161. The second kappa shape index (κ2) is 14.0. The monoisotopic (exact) mass is 569 g/mol. The number of benzene rings is 4. The fourth-order valence-electron chi connectivity index (χ4n) is 3.93. The average Bonchev–Trinajstić information content (AvgIpc) is 2.96. The van der Waals surface area contributed by atoms with E-state index in [9.17, 15) is 10.1 Å². The van der Waals surface area contributed by atoms with Crippen LogP contribution in [-0.4, -0.2) is 19.5 Å². The maximum atomic E-state index is 10.5. The van der Waals surface area contributed by atoms with Gasteiger partial charge in [0, 0.05) is 41.3 Å². The van der Waals surface area contributed by atoms with Crippen molar-refractivity contribution >= 4 is 22.3 Å². The first kappa shape index (κ1) is 26.9. The predicted molar refractivity (Wildman–Crippen MR) is 152 cm³/mol. The van der Waals surface area contributed by atoms with Gasteiger partial charge in [-0.2, -0.15) is 5.26 Å². The van der Waals surface area contributed by atoms with Crippen molar-refractivity contribution in [3.63, 3.8) is 0 Å². The summed E-state index contributed by atoms with van der Waals surface area (Å²) in [6.45, 7) is 2.45. The van der Waals surface area contributed by atoms with Gasteiger partial charge >= 0.3 is 0 Å². The van der Waals surface area contributed by atoms with Crippen molar-refractivity contribution in [1.29, 1.82) is 5.26 Å². The molecule has 38 heavy (non-hydrogen) atoms. The van der Waals surface area contributed by atoms with Gasteiger partial charge < -0.3 is 20.1 Å². The van der Waals surface area contributed by atoms with Gasteiger partial charge in [-0.1, -0.05) is 66.7 Å². The Kier molecular flexibility index (Phi) is 9.91. The second-order valence-corrected chi connectivity index (χ2v) is 9.35. The Morgan fingerprint density at radius 3 is 2.50 bits per heavy atom. The van der Waals surface area contributed by atoms with Crippen molar-refractivity contribution in [3.05, 3.63) is 118 Å². The molecule has 7 heteroatoms. The van der Waals surface area contributed by atoms with Gasteiger partial charge in [0.2, 0.25) is 6.41 Å². The molecule has 0 fully saturated rings. The summed E-state index contributed by atoms with van der Waals surface area (Å²) in [6.07, 6.45) is 0.686. The zero-order valence-electron chi connectivity index (χ0n) is 20.8. The molecule has 0 saturated heterocycles. The number of halogens is 1. The lowest BCUT2D eigenvalue weighted by atomic mass is 10.0. The van der Waals surface area contributed by atoms with Crippen LogP contribution in [0.5, 0.6) is 11.5 Å². The molecule has 0 atom stereocenters. The molecule has 2 N–H and O–H groups in total. The molecule has 0 aliphatic heterocycles. The van der Waals surface area contributed by atoms with Crippen LogP contribution in [0.2, 0.25) is 0 Å². The maximum absolute atomic E-state index is 10.5. The lowest BCUT2D eigenvalue weighted by molar-refractivity contribution is -0.109. The van der Waals surface area contributed by atoms with Crippen molar-refractivity contribution in [2.45, 2.75) is 19.8 Å². The molecule has 4 rings (SSSR count). The van der Waals surface area contributed by atoms with E-state index in [-0.39, 0.29) is 0 Å². The van der Waals surface area contributed by atoms with Crippen molar-refractivity contribution in [2.75, 3.05) is 13.1 Å². The summed E-state index contributed by atoms with van der Waals surface area (Å²) in [5.74, 6) is 1.38. The number of carbonyl (C=O) groups is 1. The van der Waals surface area contributed by atoms with Gasteiger partial charge in [0.25, 0.3) is 0 Å². The summed E-state index contributed by atoms with van der Waals surface area (Å²) in [7, 11) is 0. The number of nitrogens with one attached hydrogen (secondary N) is 2. The van der Waals surface area contributed by atoms with Crippen molar-refractivity contribution in [3.8, 4) is 28.7 Å². The molecule has 0 aliphatic carbocycles. The topological polar surface area (TPSA) is 83.4 Å². The molecule has 6 nitrogen and oxygen atoms in total. The molecule has 0 unspecified atom stereocenters. The Hall–Kier alpha value is -4.12. The van der Waals surface area contributed by atoms with E-state index in [4.69, 9.17) is 9.47 Å². The van der Waals surface area contributed by atoms with E-state index in [2.05, 4.69) is 50.8 Å². The Bertz CT molecular complexity index is 1400. The molecule has 0 aromatic heterocycles. The summed E-state index contributed by atoms with van der Waals surface area (Å²) in [5.41, 5.74) is 5.75. The van der Waals surface area contributed by atoms with Crippen LogP contribution in [-0.2, 0) is 24.6 Å². The van der Waals surface area contributed by atoms with Gasteiger partial charge in [-0.25, -0.2) is 0 Å². The highest BCUT2D eigenvalue weighted by Crippen LogP contribution is 2.32. The van der Waals surface area contributed by atoms with Gasteiger partial charge in [-0.3, -0.25) is 4.79 Å². The first-order valence-electron chi connectivity index (χ1n) is 12.3. The Morgan fingerprint density at radius 2 is 1.68 bits per heavy atom. The largest absolute Gasteiger partial charge is 0.489 e. The van der Waals surface area contributed by atoms with Crippen LogP contribution >= 0.6 is 15.9 Å². The molecule has 0 aliphatic rings. The molecular formula is C31H28BrN3O3. The SMILES string of the molecule is N#Cc1cccc(COc2cc(OCc3cccc(-c4ccccc4)c3Br)ccc2CNCCNC=O)c1. The number of rotatable bonds is 13. The van der Waals surface area contributed by atoms with Crippen LogP contribution in [0, 0.1) is 11.3 Å². The molecule has 0 radical (unpaired) electrons. The van der Waals surface area contributed by atoms with E-state index in [0.717, 1.165) is 32.3 Å². The average molecular weight is 570 g/mol. The minimum atomic E-state index is 0.323. The minimum Gasteiger partial charge on any atom is -0.489 e. The number of nitriles is 1. The molecule has 192 valence electrons. The van der Waals surface area contributed by atoms with Crippen LogP contribution < -0.4 is 20.1 Å². The van der Waals surface area contributed by atoms with Gasteiger partial charge in [0.15, 0.2) is 0 Å². The third kappa shape index (κ3) is 7.45. The van der Waals surface area contributed by atoms with Crippen LogP contribution in [0.3, 0.4) is 0 Å². The van der Waals surface area contributed by atoms with E-state index < -0.39 is 0 Å². The summed E-state index contributed by atoms with van der Waals surface area (Å²) >= 11 is 3.76. The van der Waals surface area contributed by atoms with Crippen LogP contribution in [0.4, 0.5) is 0 Å². The van der Waals surface area contributed by atoms with E-state index in [1.54, 1.807) is 6.07 Å². The molecule has 4 aromatic rings. The zero-order chi connectivity index (χ0) is 26.6. The summed E-state index contributed by atoms with van der Waals surface area (Å²) in [5, 5.41) is 15.1. The zero-order valence-corrected chi connectivity index (χ0v) is 22.4. The molecule has 1 amide bonds.